The van der Waals surface area contributed by atoms with Crippen LogP contribution in [0.3, 0.4) is 0 Å². The molecule has 0 spiro atoms. The minimum absolute atomic E-state index is 0.0500. The van der Waals surface area contributed by atoms with E-state index in [9.17, 15) is 4.79 Å². The van der Waals surface area contributed by atoms with E-state index in [0.29, 0.717) is 11.8 Å². The van der Waals surface area contributed by atoms with E-state index in [2.05, 4.69) is 37.2 Å². The molecule has 0 heterocycles. The molecule has 0 unspecified atom stereocenters. The number of halogens is 2. The normalized spacial score (nSPS) is 12.2. The third-order valence-corrected chi connectivity index (χ3v) is 2.94. The molecule has 1 N–H and O–H groups in total. The summed E-state index contributed by atoms with van der Waals surface area (Å²) in [7, 11) is 0. The molecular formula is C11H13Br2NO. The fourth-order valence-corrected chi connectivity index (χ4v) is 2.04. The summed E-state index contributed by atoms with van der Waals surface area (Å²) >= 11 is 6.65. The van der Waals surface area contributed by atoms with E-state index in [1.54, 1.807) is 0 Å². The van der Waals surface area contributed by atoms with E-state index >= 15 is 0 Å². The zero-order valence-electron chi connectivity index (χ0n) is 8.47. The number of hydrogen-bond donors (Lipinski definition) is 1. The van der Waals surface area contributed by atoms with Crippen molar-refractivity contribution in [2.75, 3.05) is 5.33 Å². The van der Waals surface area contributed by atoms with Crippen molar-refractivity contribution in [2.24, 2.45) is 0 Å². The van der Waals surface area contributed by atoms with Crippen molar-refractivity contribution in [1.82, 2.24) is 5.32 Å². The van der Waals surface area contributed by atoms with Crippen LogP contribution in [0.4, 0.5) is 0 Å². The molecule has 1 atom stereocenters. The zero-order chi connectivity index (χ0) is 11.3. The van der Waals surface area contributed by atoms with Gasteiger partial charge in [-0.3, -0.25) is 4.79 Å². The number of hydrogen-bond acceptors (Lipinski definition) is 1. The maximum absolute atomic E-state index is 11.4. The zero-order valence-corrected chi connectivity index (χ0v) is 11.6. The van der Waals surface area contributed by atoms with Gasteiger partial charge >= 0.3 is 0 Å². The summed E-state index contributed by atoms with van der Waals surface area (Å²) in [6.07, 6.45) is 0.512. The Bertz CT molecular complexity index is 341. The first-order valence-electron chi connectivity index (χ1n) is 4.74. The van der Waals surface area contributed by atoms with Gasteiger partial charge in [-0.2, -0.15) is 0 Å². The smallest absolute Gasteiger partial charge is 0.221 e. The molecule has 0 saturated carbocycles. The molecule has 4 heteroatoms. The first kappa shape index (κ1) is 12.7. The monoisotopic (exact) mass is 333 g/mol. The van der Waals surface area contributed by atoms with Crippen molar-refractivity contribution in [3.8, 4) is 0 Å². The predicted octanol–water partition coefficient (Wildman–Crippen LogP) is 3.41. The molecule has 2 nitrogen and oxygen atoms in total. The molecule has 0 bridgehead atoms. The lowest BCUT2D eigenvalue weighted by molar-refractivity contribution is -0.121. The van der Waals surface area contributed by atoms with Crippen LogP contribution in [0.5, 0.6) is 0 Å². The highest BCUT2D eigenvalue weighted by molar-refractivity contribution is 9.10. The van der Waals surface area contributed by atoms with Crippen LogP contribution < -0.4 is 5.32 Å². The lowest BCUT2D eigenvalue weighted by Gasteiger charge is -2.14. The number of carbonyl (C=O) groups excluding carboxylic acids is 1. The fraction of sp³-hybridized carbons (Fsp3) is 0.364. The molecule has 0 fully saturated rings. The van der Waals surface area contributed by atoms with Crippen LogP contribution >= 0.6 is 31.9 Å². The van der Waals surface area contributed by atoms with Crippen LogP contribution in [-0.2, 0) is 4.79 Å². The van der Waals surface area contributed by atoms with Crippen molar-refractivity contribution in [2.45, 2.75) is 19.4 Å². The molecule has 0 radical (unpaired) electrons. The van der Waals surface area contributed by atoms with Gasteiger partial charge in [0.05, 0.1) is 6.04 Å². The van der Waals surface area contributed by atoms with Crippen LogP contribution in [-0.4, -0.2) is 11.2 Å². The first-order chi connectivity index (χ1) is 7.13. The summed E-state index contributed by atoms with van der Waals surface area (Å²) in [5.41, 5.74) is 1.10. The molecule has 0 aliphatic rings. The third-order valence-electron chi connectivity index (χ3n) is 2.05. The Labute approximate surface area is 107 Å². The Hall–Kier alpha value is -0.350. The standard InChI is InChI=1S/C11H13Br2NO/c1-8(14-11(15)5-6-12)9-3-2-4-10(13)7-9/h2-4,7-8H,5-6H2,1H3,(H,14,15)/t8-/m1/s1. The second kappa shape index (κ2) is 6.28. The summed E-state index contributed by atoms with van der Waals surface area (Å²) in [6, 6.07) is 8.00. The topological polar surface area (TPSA) is 29.1 Å². The van der Waals surface area contributed by atoms with Crippen LogP contribution in [0.2, 0.25) is 0 Å². The van der Waals surface area contributed by atoms with Crippen LogP contribution in [0, 0.1) is 0 Å². The first-order valence-corrected chi connectivity index (χ1v) is 6.65. The molecule has 0 aromatic heterocycles. The van der Waals surface area contributed by atoms with Gasteiger partial charge in [0.1, 0.15) is 0 Å². The summed E-state index contributed by atoms with van der Waals surface area (Å²) < 4.78 is 1.03. The number of alkyl halides is 1. The molecule has 15 heavy (non-hydrogen) atoms. The highest BCUT2D eigenvalue weighted by Crippen LogP contribution is 2.17. The molecule has 0 aliphatic heterocycles. The summed E-state index contributed by atoms with van der Waals surface area (Å²) in [5.74, 6) is 0.0688. The van der Waals surface area contributed by atoms with Gasteiger partial charge < -0.3 is 5.32 Å². The van der Waals surface area contributed by atoms with Gasteiger partial charge in [-0.15, -0.1) is 0 Å². The Morgan fingerprint density at radius 1 is 1.53 bits per heavy atom. The molecule has 1 aromatic carbocycles. The molecule has 1 aromatic rings. The number of carbonyl (C=O) groups is 1. The van der Waals surface area contributed by atoms with Crippen LogP contribution in [0.1, 0.15) is 24.9 Å². The van der Waals surface area contributed by atoms with Crippen LogP contribution in [0.15, 0.2) is 28.7 Å². The predicted molar refractivity (Wildman–Crippen MR) is 69.1 cm³/mol. The second-order valence-corrected chi connectivity index (χ2v) is 4.99. The van der Waals surface area contributed by atoms with E-state index in [-0.39, 0.29) is 11.9 Å². The van der Waals surface area contributed by atoms with Gasteiger partial charge in [-0.05, 0) is 24.6 Å². The number of amides is 1. The van der Waals surface area contributed by atoms with E-state index in [1.165, 1.54) is 0 Å². The number of rotatable bonds is 4. The average molecular weight is 335 g/mol. The van der Waals surface area contributed by atoms with Gasteiger partial charge in [0, 0.05) is 16.2 Å². The lowest BCUT2D eigenvalue weighted by Crippen LogP contribution is -2.26. The van der Waals surface area contributed by atoms with Gasteiger partial charge in [0.25, 0.3) is 0 Å². The van der Waals surface area contributed by atoms with E-state index in [0.717, 1.165) is 10.0 Å². The van der Waals surface area contributed by atoms with Gasteiger partial charge in [0.15, 0.2) is 0 Å². The second-order valence-electron chi connectivity index (χ2n) is 3.28. The quantitative estimate of drug-likeness (QED) is 0.840. The molecule has 0 aliphatic carbocycles. The summed E-state index contributed by atoms with van der Waals surface area (Å²) in [4.78, 5) is 11.4. The Balaban J connectivity index is 2.60. The number of nitrogens with one attached hydrogen (secondary N) is 1. The highest BCUT2D eigenvalue weighted by Gasteiger charge is 2.08. The SMILES string of the molecule is C[C@@H](NC(=O)CCBr)c1cccc(Br)c1. The van der Waals surface area contributed by atoms with E-state index in [1.807, 2.05) is 31.2 Å². The van der Waals surface area contributed by atoms with Crippen molar-refractivity contribution >= 4 is 37.8 Å². The minimum Gasteiger partial charge on any atom is -0.350 e. The largest absolute Gasteiger partial charge is 0.350 e. The summed E-state index contributed by atoms with van der Waals surface area (Å²) in [6.45, 7) is 1.98. The Kier molecular flexibility index (Phi) is 5.32. The van der Waals surface area contributed by atoms with Crippen molar-refractivity contribution < 1.29 is 4.79 Å². The highest BCUT2D eigenvalue weighted by atomic mass is 79.9. The minimum atomic E-state index is 0.0500. The third kappa shape index (κ3) is 4.34. The molecular weight excluding hydrogens is 322 g/mol. The maximum atomic E-state index is 11.4. The van der Waals surface area contributed by atoms with Gasteiger partial charge in [-0.25, -0.2) is 0 Å². The molecule has 1 amide bonds. The van der Waals surface area contributed by atoms with Crippen molar-refractivity contribution in [3.63, 3.8) is 0 Å². The molecule has 82 valence electrons. The van der Waals surface area contributed by atoms with Crippen LogP contribution in [0.25, 0.3) is 0 Å². The van der Waals surface area contributed by atoms with E-state index in [4.69, 9.17) is 0 Å². The Morgan fingerprint density at radius 2 is 2.27 bits per heavy atom. The lowest BCUT2D eigenvalue weighted by atomic mass is 10.1. The fourth-order valence-electron chi connectivity index (χ4n) is 1.26. The van der Waals surface area contributed by atoms with Gasteiger partial charge in [0.2, 0.25) is 5.91 Å². The molecule has 0 saturated heterocycles. The Morgan fingerprint density at radius 3 is 2.87 bits per heavy atom. The van der Waals surface area contributed by atoms with Crippen molar-refractivity contribution in [1.29, 1.82) is 0 Å². The number of benzene rings is 1. The summed E-state index contributed by atoms with van der Waals surface area (Å²) in [5, 5.41) is 3.63. The van der Waals surface area contributed by atoms with Gasteiger partial charge in [-0.1, -0.05) is 44.0 Å². The average Bonchev–Trinajstić information content (AvgIpc) is 2.18. The molecule has 1 rings (SSSR count). The van der Waals surface area contributed by atoms with Crippen molar-refractivity contribution in [3.05, 3.63) is 34.3 Å². The maximum Gasteiger partial charge on any atom is 0.221 e. The van der Waals surface area contributed by atoms with E-state index < -0.39 is 0 Å².